The highest BCUT2D eigenvalue weighted by molar-refractivity contribution is 7.45. The van der Waals surface area contributed by atoms with Crippen molar-refractivity contribution in [2.24, 2.45) is 0 Å². The zero-order valence-electron chi connectivity index (χ0n) is 42.0. The summed E-state index contributed by atoms with van der Waals surface area (Å²) < 4.78 is 23.2. The molecule has 0 aliphatic rings. The lowest BCUT2D eigenvalue weighted by molar-refractivity contribution is -0.870. The molecule has 63 heavy (non-hydrogen) atoms. The molecule has 370 valence electrons. The largest absolute Gasteiger partial charge is 0.756 e. The molecule has 0 saturated carbocycles. The molecule has 3 atom stereocenters. The summed E-state index contributed by atoms with van der Waals surface area (Å²) in [6.07, 6.45) is 58.9. The fourth-order valence-corrected chi connectivity index (χ4v) is 8.28. The molecule has 0 saturated heterocycles. The number of phosphoric ester groups is 1. The molecule has 2 N–H and O–H groups in total. The summed E-state index contributed by atoms with van der Waals surface area (Å²) in [5.74, 6) is -0.207. The number of rotatable bonds is 48. The second-order valence-corrected chi connectivity index (χ2v) is 20.6. The van der Waals surface area contributed by atoms with Gasteiger partial charge in [0.2, 0.25) is 5.91 Å². The van der Waals surface area contributed by atoms with Gasteiger partial charge in [-0.15, -0.1) is 0 Å². The summed E-state index contributed by atoms with van der Waals surface area (Å²) in [5.41, 5.74) is 0. The zero-order valence-corrected chi connectivity index (χ0v) is 42.9. The van der Waals surface area contributed by atoms with Crippen molar-refractivity contribution >= 4 is 13.7 Å². The Bertz CT molecular complexity index is 1170. The van der Waals surface area contributed by atoms with Crippen molar-refractivity contribution in [3.05, 3.63) is 48.6 Å². The van der Waals surface area contributed by atoms with E-state index in [2.05, 4.69) is 55.6 Å². The monoisotopic (exact) mass is 907 g/mol. The van der Waals surface area contributed by atoms with E-state index in [0.717, 1.165) is 44.9 Å². The van der Waals surface area contributed by atoms with Crippen LogP contribution in [-0.4, -0.2) is 68.5 Å². The predicted octanol–water partition coefficient (Wildman–Crippen LogP) is 15.0. The number of aliphatic hydroxyl groups excluding tert-OH is 1. The molecule has 0 rings (SSSR count). The third kappa shape index (κ3) is 48.2. The van der Waals surface area contributed by atoms with E-state index in [1.54, 1.807) is 6.08 Å². The highest BCUT2D eigenvalue weighted by Crippen LogP contribution is 2.38. The maximum absolute atomic E-state index is 12.9. The molecule has 0 fully saturated rings. The standard InChI is InChI=1S/C54H103N2O6P/c1-6-8-10-12-14-16-18-20-22-23-24-25-26-27-28-29-30-31-32-33-34-36-38-40-42-44-46-48-54(58)55-52(51-62-63(59,60)61-50-49-56(3,4)5)53(57)47-45-43-41-39-37-35-21-19-17-15-13-11-9-7-2/h18,20,23-24,37,39,45,47,52-53,57H,6-17,19,21-22,25-36,38,40-44,46,48-51H2,1-5H3,(H-,55,58,59,60)/b20-18-,24-23-,39-37+,47-45+. The van der Waals surface area contributed by atoms with Gasteiger partial charge >= 0.3 is 0 Å². The molecule has 0 aromatic rings. The van der Waals surface area contributed by atoms with Crippen molar-refractivity contribution in [1.29, 1.82) is 0 Å². The number of unbranched alkanes of at least 4 members (excludes halogenated alkanes) is 29. The van der Waals surface area contributed by atoms with Gasteiger partial charge in [-0.1, -0.05) is 217 Å². The van der Waals surface area contributed by atoms with Crippen molar-refractivity contribution in [3.8, 4) is 0 Å². The van der Waals surface area contributed by atoms with Crippen LogP contribution in [0, 0.1) is 0 Å². The Labute approximate surface area is 390 Å². The minimum absolute atomic E-state index is 0.00659. The van der Waals surface area contributed by atoms with Crippen LogP contribution in [0.4, 0.5) is 0 Å². The first-order valence-electron chi connectivity index (χ1n) is 26.5. The minimum atomic E-state index is -4.60. The number of amides is 1. The van der Waals surface area contributed by atoms with E-state index in [0.29, 0.717) is 17.4 Å². The third-order valence-corrected chi connectivity index (χ3v) is 12.7. The second kappa shape index (κ2) is 45.6. The predicted molar refractivity (Wildman–Crippen MR) is 270 cm³/mol. The number of hydrogen-bond acceptors (Lipinski definition) is 6. The van der Waals surface area contributed by atoms with Crippen molar-refractivity contribution in [2.45, 2.75) is 251 Å². The molecule has 0 radical (unpaired) electrons. The first-order chi connectivity index (χ1) is 30.5. The van der Waals surface area contributed by atoms with Crippen LogP contribution < -0.4 is 10.2 Å². The number of phosphoric acid groups is 1. The van der Waals surface area contributed by atoms with Crippen LogP contribution in [0.2, 0.25) is 0 Å². The number of carbonyl (C=O) groups excluding carboxylic acids is 1. The molecular formula is C54H103N2O6P. The van der Waals surface area contributed by atoms with Gasteiger partial charge in [-0.05, 0) is 64.2 Å². The van der Waals surface area contributed by atoms with E-state index in [1.807, 2.05) is 27.2 Å². The van der Waals surface area contributed by atoms with E-state index in [9.17, 15) is 19.4 Å². The Hall–Kier alpha value is -1.54. The van der Waals surface area contributed by atoms with Gasteiger partial charge < -0.3 is 28.8 Å². The molecule has 0 aromatic heterocycles. The van der Waals surface area contributed by atoms with Crippen LogP contribution in [0.25, 0.3) is 0 Å². The molecule has 0 aromatic carbocycles. The van der Waals surface area contributed by atoms with Gasteiger partial charge in [-0.3, -0.25) is 9.36 Å². The molecule has 1 amide bonds. The Morgan fingerprint density at radius 2 is 0.937 bits per heavy atom. The molecule has 0 bridgehead atoms. The van der Waals surface area contributed by atoms with Crippen molar-refractivity contribution in [1.82, 2.24) is 5.32 Å². The molecule has 3 unspecified atom stereocenters. The second-order valence-electron chi connectivity index (χ2n) is 19.2. The first kappa shape index (κ1) is 61.5. The number of quaternary nitrogens is 1. The Balaban J connectivity index is 4.19. The van der Waals surface area contributed by atoms with E-state index >= 15 is 0 Å². The molecule has 0 aliphatic carbocycles. The van der Waals surface area contributed by atoms with Crippen molar-refractivity contribution in [2.75, 3.05) is 40.9 Å². The lowest BCUT2D eigenvalue weighted by Gasteiger charge is -2.29. The molecule has 9 heteroatoms. The number of nitrogens with one attached hydrogen (secondary N) is 1. The number of hydrogen-bond donors (Lipinski definition) is 2. The number of carbonyl (C=O) groups is 1. The summed E-state index contributed by atoms with van der Waals surface area (Å²) >= 11 is 0. The smallest absolute Gasteiger partial charge is 0.268 e. The lowest BCUT2D eigenvalue weighted by Crippen LogP contribution is -2.45. The Morgan fingerprint density at radius 1 is 0.556 bits per heavy atom. The minimum Gasteiger partial charge on any atom is -0.756 e. The highest BCUT2D eigenvalue weighted by Gasteiger charge is 2.23. The van der Waals surface area contributed by atoms with E-state index < -0.39 is 26.6 Å². The maximum Gasteiger partial charge on any atom is 0.268 e. The van der Waals surface area contributed by atoms with Gasteiger partial charge in [0.05, 0.1) is 39.9 Å². The normalized spacial score (nSPS) is 14.5. The average molecular weight is 907 g/mol. The van der Waals surface area contributed by atoms with Gasteiger partial charge in [0, 0.05) is 6.42 Å². The summed E-state index contributed by atoms with van der Waals surface area (Å²) in [5, 5.41) is 13.8. The van der Waals surface area contributed by atoms with Crippen LogP contribution in [0.3, 0.4) is 0 Å². The quantitative estimate of drug-likeness (QED) is 0.0272. The SMILES string of the molecule is CCCCCCC/C=C\C/C=C\CCCCCCCCCCCCCCCCCC(=O)NC(COP(=O)([O-])OCC[N+](C)(C)C)C(O)/C=C/CC/C=C/CCCCCCCCCC. The fraction of sp³-hybridized carbons (Fsp3) is 0.833. The summed E-state index contributed by atoms with van der Waals surface area (Å²) in [4.78, 5) is 25.4. The molecule has 0 aliphatic heterocycles. The van der Waals surface area contributed by atoms with Crippen LogP contribution in [0.1, 0.15) is 239 Å². The summed E-state index contributed by atoms with van der Waals surface area (Å²) in [6, 6.07) is -0.902. The summed E-state index contributed by atoms with van der Waals surface area (Å²) in [6.45, 7) is 4.62. The number of aliphatic hydroxyl groups is 1. The Kier molecular flexibility index (Phi) is 44.5. The average Bonchev–Trinajstić information content (AvgIpc) is 3.24. The maximum atomic E-state index is 12.9. The van der Waals surface area contributed by atoms with Gasteiger partial charge in [-0.25, -0.2) is 0 Å². The Morgan fingerprint density at radius 3 is 1.38 bits per heavy atom. The number of likely N-dealkylation sites (N-methyl/N-ethyl adjacent to an activating group) is 1. The number of nitrogens with zero attached hydrogens (tertiary/aromatic N) is 1. The van der Waals surface area contributed by atoms with Gasteiger partial charge in [-0.2, -0.15) is 0 Å². The van der Waals surface area contributed by atoms with Crippen LogP contribution >= 0.6 is 7.82 Å². The van der Waals surface area contributed by atoms with Crippen molar-refractivity contribution < 1.29 is 32.9 Å². The first-order valence-corrected chi connectivity index (χ1v) is 28.0. The van der Waals surface area contributed by atoms with E-state index in [1.165, 1.54) is 173 Å². The van der Waals surface area contributed by atoms with E-state index in [-0.39, 0.29) is 12.5 Å². The fourth-order valence-electron chi connectivity index (χ4n) is 7.55. The molecule has 0 heterocycles. The van der Waals surface area contributed by atoms with Gasteiger partial charge in [0.25, 0.3) is 7.82 Å². The van der Waals surface area contributed by atoms with Gasteiger partial charge in [0.1, 0.15) is 13.2 Å². The molecule has 8 nitrogen and oxygen atoms in total. The lowest BCUT2D eigenvalue weighted by atomic mass is 10.0. The highest BCUT2D eigenvalue weighted by atomic mass is 31.2. The third-order valence-electron chi connectivity index (χ3n) is 11.8. The van der Waals surface area contributed by atoms with Crippen LogP contribution in [0.5, 0.6) is 0 Å². The summed E-state index contributed by atoms with van der Waals surface area (Å²) in [7, 11) is 1.24. The molecular weight excluding hydrogens is 804 g/mol. The van der Waals surface area contributed by atoms with Crippen molar-refractivity contribution in [3.63, 3.8) is 0 Å². The van der Waals surface area contributed by atoms with E-state index in [4.69, 9.17) is 9.05 Å². The topological polar surface area (TPSA) is 108 Å². The van der Waals surface area contributed by atoms with Crippen LogP contribution in [-0.2, 0) is 18.4 Å². The zero-order chi connectivity index (χ0) is 46.4. The van der Waals surface area contributed by atoms with Gasteiger partial charge in [0.15, 0.2) is 0 Å². The number of allylic oxidation sites excluding steroid dienone is 7. The molecule has 0 spiro atoms. The van der Waals surface area contributed by atoms with Crippen LogP contribution in [0.15, 0.2) is 48.6 Å².